The summed E-state index contributed by atoms with van der Waals surface area (Å²) in [5.74, 6) is -0.230. The molecule has 21 heavy (non-hydrogen) atoms. The fourth-order valence-electron chi connectivity index (χ4n) is 2.49. The molecule has 0 amide bonds. The van der Waals surface area contributed by atoms with Gasteiger partial charge in [0.15, 0.2) is 6.04 Å². The first-order valence-corrected chi connectivity index (χ1v) is 8.37. The quantitative estimate of drug-likeness (QED) is 0.633. The molecule has 0 aromatic heterocycles. The molecule has 0 bridgehead atoms. The number of nitrogens with zero attached hydrogens (tertiary/aromatic N) is 1. The van der Waals surface area contributed by atoms with E-state index in [1.165, 1.54) is 0 Å². The van der Waals surface area contributed by atoms with Gasteiger partial charge in [-0.3, -0.25) is 4.79 Å². The summed E-state index contributed by atoms with van der Waals surface area (Å²) in [5, 5.41) is 0. The third kappa shape index (κ3) is 3.42. The van der Waals surface area contributed by atoms with Crippen molar-refractivity contribution in [2.24, 2.45) is 0 Å². The van der Waals surface area contributed by atoms with E-state index in [9.17, 15) is 9.35 Å². The van der Waals surface area contributed by atoms with Crippen LogP contribution in [0.1, 0.15) is 39.2 Å². The van der Waals surface area contributed by atoms with Gasteiger partial charge in [-0.2, -0.15) is 0 Å². The molecule has 5 heteroatoms. The molecule has 0 spiro atoms. The van der Waals surface area contributed by atoms with Crippen LogP contribution in [0, 0.1) is 0 Å². The van der Waals surface area contributed by atoms with Crippen LogP contribution in [0.5, 0.6) is 0 Å². The molecule has 0 saturated carbocycles. The molecule has 2 rings (SSSR count). The summed E-state index contributed by atoms with van der Waals surface area (Å²) in [5.41, 5.74) is 1.10. The molecule has 0 radical (unpaired) electrons. The fraction of sp³-hybridized carbons (Fsp3) is 0.562. The molecule has 1 aliphatic rings. The molecule has 116 valence electrons. The van der Waals surface area contributed by atoms with Gasteiger partial charge in [-0.05, 0) is 33.3 Å². The Morgan fingerprint density at radius 1 is 1.38 bits per heavy atom. The zero-order chi connectivity index (χ0) is 15.6. The van der Waals surface area contributed by atoms with Gasteiger partial charge >= 0.3 is 5.97 Å². The molecule has 1 fully saturated rings. The average molecular weight is 309 g/mol. The summed E-state index contributed by atoms with van der Waals surface area (Å²) in [6, 6.07) is 9.43. The molecule has 0 unspecified atom stereocenters. The molecule has 1 saturated heterocycles. The van der Waals surface area contributed by atoms with E-state index in [0.717, 1.165) is 5.56 Å². The van der Waals surface area contributed by atoms with Crippen LogP contribution in [0.3, 0.4) is 0 Å². The Labute approximate surface area is 129 Å². The SMILES string of the molecule is CCOC(=O)[C@@H]1[C@@H](c2ccccc2)CN1[S@@+]([O-])C(C)(C)C. The second kappa shape index (κ2) is 6.38. The first kappa shape index (κ1) is 16.3. The fourth-order valence-corrected chi connectivity index (χ4v) is 3.93. The molecule has 1 aromatic carbocycles. The van der Waals surface area contributed by atoms with E-state index in [0.29, 0.717) is 13.2 Å². The number of carbonyl (C=O) groups excluding carboxylic acids is 1. The van der Waals surface area contributed by atoms with Gasteiger partial charge in [-0.1, -0.05) is 30.3 Å². The molecule has 0 aliphatic carbocycles. The first-order chi connectivity index (χ1) is 9.86. The average Bonchev–Trinajstić information content (AvgIpc) is 2.38. The molecule has 1 heterocycles. The molecular weight excluding hydrogens is 286 g/mol. The lowest BCUT2D eigenvalue weighted by Gasteiger charge is -2.47. The molecule has 0 N–H and O–H groups in total. The maximum Gasteiger partial charge on any atom is 0.328 e. The summed E-state index contributed by atoms with van der Waals surface area (Å²) in [7, 11) is 0. The van der Waals surface area contributed by atoms with Crippen LogP contribution in [-0.2, 0) is 20.9 Å². The van der Waals surface area contributed by atoms with E-state index < -0.39 is 17.4 Å². The van der Waals surface area contributed by atoms with Crippen molar-refractivity contribution in [2.75, 3.05) is 13.2 Å². The van der Waals surface area contributed by atoms with Gasteiger partial charge in [-0.15, -0.1) is 4.31 Å². The van der Waals surface area contributed by atoms with E-state index in [-0.39, 0.29) is 16.6 Å². The van der Waals surface area contributed by atoms with Crippen molar-refractivity contribution in [3.05, 3.63) is 35.9 Å². The van der Waals surface area contributed by atoms with E-state index >= 15 is 0 Å². The highest BCUT2D eigenvalue weighted by atomic mass is 32.2. The maximum absolute atomic E-state index is 12.6. The van der Waals surface area contributed by atoms with Crippen LogP contribution in [0.2, 0.25) is 0 Å². The zero-order valence-electron chi connectivity index (χ0n) is 13.0. The van der Waals surface area contributed by atoms with Gasteiger partial charge in [0, 0.05) is 17.3 Å². The van der Waals surface area contributed by atoms with Gasteiger partial charge in [0.1, 0.15) is 4.75 Å². The van der Waals surface area contributed by atoms with Crippen LogP contribution in [0.25, 0.3) is 0 Å². The number of hydrogen-bond acceptors (Lipinski definition) is 4. The number of hydrogen-bond donors (Lipinski definition) is 0. The Morgan fingerprint density at radius 3 is 2.52 bits per heavy atom. The lowest BCUT2D eigenvalue weighted by atomic mass is 9.85. The molecular formula is C16H23NO3S. The van der Waals surface area contributed by atoms with Gasteiger partial charge in [0.2, 0.25) is 0 Å². The standard InChI is InChI=1S/C16H23NO3S/c1-5-20-15(18)14-13(12-9-7-6-8-10-12)11-17(14)21(19)16(2,3)4/h6-10,13-14H,5,11H2,1-4H3/t13-,14+,21+/m1/s1. The normalized spacial score (nSPS) is 24.2. The van der Waals surface area contributed by atoms with E-state index in [1.807, 2.05) is 51.1 Å². The summed E-state index contributed by atoms with van der Waals surface area (Å²) in [6.45, 7) is 8.51. The van der Waals surface area contributed by atoms with Gasteiger partial charge in [0.05, 0.1) is 13.2 Å². The molecule has 1 aromatic rings. The summed E-state index contributed by atoms with van der Waals surface area (Å²) in [4.78, 5) is 12.3. The van der Waals surface area contributed by atoms with Gasteiger partial charge in [0.25, 0.3) is 0 Å². The zero-order valence-corrected chi connectivity index (χ0v) is 13.9. The Hall–Kier alpha value is -1.04. The lowest BCUT2D eigenvalue weighted by Crippen LogP contribution is -2.63. The topological polar surface area (TPSA) is 52.6 Å². The summed E-state index contributed by atoms with van der Waals surface area (Å²) >= 11 is -1.21. The Balaban J connectivity index is 2.20. The van der Waals surface area contributed by atoms with Crippen LogP contribution in [0.15, 0.2) is 30.3 Å². The van der Waals surface area contributed by atoms with Crippen molar-refractivity contribution >= 4 is 17.3 Å². The van der Waals surface area contributed by atoms with E-state index in [4.69, 9.17) is 4.74 Å². The van der Waals surface area contributed by atoms with Crippen molar-refractivity contribution in [3.8, 4) is 0 Å². The number of rotatable bonds is 4. The van der Waals surface area contributed by atoms with Gasteiger partial charge < -0.3 is 9.29 Å². The van der Waals surface area contributed by atoms with Crippen LogP contribution in [0.4, 0.5) is 0 Å². The predicted molar refractivity (Wildman–Crippen MR) is 84.2 cm³/mol. The second-order valence-electron chi connectivity index (χ2n) is 6.18. The second-order valence-corrected chi connectivity index (χ2v) is 8.37. The summed E-state index contributed by atoms with van der Waals surface area (Å²) in [6.07, 6.45) is 0. The van der Waals surface area contributed by atoms with Crippen LogP contribution < -0.4 is 0 Å². The van der Waals surface area contributed by atoms with Crippen LogP contribution >= 0.6 is 0 Å². The van der Waals surface area contributed by atoms with Crippen LogP contribution in [-0.4, -0.2) is 38.8 Å². The van der Waals surface area contributed by atoms with Crippen molar-refractivity contribution in [2.45, 2.75) is 44.4 Å². The highest BCUT2D eigenvalue weighted by molar-refractivity contribution is 7.90. The highest BCUT2D eigenvalue weighted by Crippen LogP contribution is 2.40. The molecule has 1 aliphatic heterocycles. The first-order valence-electron chi connectivity index (χ1n) is 7.26. The predicted octanol–water partition coefficient (Wildman–Crippen LogP) is 2.48. The third-order valence-corrected chi connectivity index (χ3v) is 5.41. The lowest BCUT2D eigenvalue weighted by molar-refractivity contribution is -0.152. The monoisotopic (exact) mass is 309 g/mol. The van der Waals surface area contributed by atoms with Crippen molar-refractivity contribution in [1.82, 2.24) is 4.31 Å². The largest absolute Gasteiger partial charge is 0.597 e. The maximum atomic E-state index is 12.6. The minimum absolute atomic E-state index is 0.0524. The Kier molecular flexibility index (Phi) is 4.96. The van der Waals surface area contributed by atoms with Gasteiger partial charge in [-0.25, -0.2) is 0 Å². The number of carbonyl (C=O) groups is 1. The Morgan fingerprint density at radius 2 is 2.00 bits per heavy atom. The van der Waals surface area contributed by atoms with E-state index in [1.54, 1.807) is 11.2 Å². The number of esters is 1. The molecule has 3 atom stereocenters. The minimum Gasteiger partial charge on any atom is -0.597 e. The van der Waals surface area contributed by atoms with E-state index in [2.05, 4.69) is 0 Å². The number of ether oxygens (including phenoxy) is 1. The van der Waals surface area contributed by atoms with Crippen molar-refractivity contribution in [1.29, 1.82) is 0 Å². The highest BCUT2D eigenvalue weighted by Gasteiger charge is 2.54. The Bertz CT molecular complexity index is 486. The number of benzene rings is 1. The summed E-state index contributed by atoms with van der Waals surface area (Å²) < 4.78 is 19.1. The smallest absolute Gasteiger partial charge is 0.328 e. The van der Waals surface area contributed by atoms with Crippen molar-refractivity contribution in [3.63, 3.8) is 0 Å². The third-order valence-electron chi connectivity index (χ3n) is 3.56. The molecule has 4 nitrogen and oxygen atoms in total. The minimum atomic E-state index is -1.21. The van der Waals surface area contributed by atoms with Crippen molar-refractivity contribution < 1.29 is 14.1 Å².